The lowest BCUT2D eigenvalue weighted by atomic mass is 10.0. The summed E-state index contributed by atoms with van der Waals surface area (Å²) < 4.78 is 24.6. The smallest absolute Gasteiger partial charge is 0.152 e. The lowest BCUT2D eigenvalue weighted by Gasteiger charge is -2.17. The van der Waals surface area contributed by atoms with Crippen LogP contribution in [0.1, 0.15) is 48.4 Å². The van der Waals surface area contributed by atoms with Crippen LogP contribution in [0.5, 0.6) is 0 Å². The molecule has 1 fully saturated rings. The molecule has 1 aliphatic carbocycles. The Kier molecular flexibility index (Phi) is 4.86. The summed E-state index contributed by atoms with van der Waals surface area (Å²) in [5, 5.41) is 0. The number of nitrogens with two attached hydrogens (primary N) is 1. The zero-order valence-electron chi connectivity index (χ0n) is 12.4. The van der Waals surface area contributed by atoms with Crippen molar-refractivity contribution in [2.75, 3.05) is 11.5 Å². The van der Waals surface area contributed by atoms with E-state index in [1.807, 2.05) is 32.0 Å². The third-order valence-corrected chi connectivity index (χ3v) is 6.08. The van der Waals surface area contributed by atoms with Crippen molar-refractivity contribution in [3.05, 3.63) is 34.9 Å². The van der Waals surface area contributed by atoms with Gasteiger partial charge in [0.25, 0.3) is 0 Å². The maximum Gasteiger partial charge on any atom is 0.152 e. The molecule has 4 heteroatoms. The van der Waals surface area contributed by atoms with Gasteiger partial charge in [-0.05, 0) is 43.7 Å². The maximum atomic E-state index is 12.3. The second-order valence-corrected chi connectivity index (χ2v) is 8.35. The summed E-state index contributed by atoms with van der Waals surface area (Å²) in [5.41, 5.74) is 9.29. The monoisotopic (exact) mass is 295 g/mol. The molecule has 112 valence electrons. The highest BCUT2D eigenvalue weighted by molar-refractivity contribution is 7.91. The van der Waals surface area contributed by atoms with E-state index >= 15 is 0 Å². The predicted octanol–water partition coefficient (Wildman–Crippen LogP) is 2.91. The molecule has 0 amide bonds. The van der Waals surface area contributed by atoms with Gasteiger partial charge in [0.05, 0.1) is 11.5 Å². The van der Waals surface area contributed by atoms with Gasteiger partial charge in [0.1, 0.15) is 0 Å². The van der Waals surface area contributed by atoms with Gasteiger partial charge in [-0.25, -0.2) is 8.42 Å². The topological polar surface area (TPSA) is 60.2 Å². The molecular weight excluding hydrogens is 270 g/mol. The highest BCUT2D eigenvalue weighted by atomic mass is 32.2. The van der Waals surface area contributed by atoms with E-state index in [-0.39, 0.29) is 5.75 Å². The summed E-state index contributed by atoms with van der Waals surface area (Å²) >= 11 is 0. The van der Waals surface area contributed by atoms with Crippen molar-refractivity contribution < 1.29 is 8.42 Å². The van der Waals surface area contributed by atoms with Gasteiger partial charge in [-0.15, -0.1) is 0 Å². The second-order valence-electron chi connectivity index (χ2n) is 6.19. The Labute approximate surface area is 122 Å². The number of benzene rings is 1. The molecular formula is C16H25NO2S. The normalized spacial score (nSPS) is 18.4. The average Bonchev–Trinajstić information content (AvgIpc) is 2.83. The first kappa shape index (κ1) is 15.5. The van der Waals surface area contributed by atoms with Crippen molar-refractivity contribution in [2.45, 2.75) is 45.6 Å². The number of sulfone groups is 1. The summed E-state index contributed by atoms with van der Waals surface area (Å²) in [6.45, 7) is 3.99. The summed E-state index contributed by atoms with van der Waals surface area (Å²) in [4.78, 5) is 0. The van der Waals surface area contributed by atoms with Crippen LogP contribution < -0.4 is 5.73 Å². The van der Waals surface area contributed by atoms with Gasteiger partial charge in [0.2, 0.25) is 0 Å². The first-order valence-corrected chi connectivity index (χ1v) is 9.23. The molecule has 1 atom stereocenters. The van der Waals surface area contributed by atoms with Crippen LogP contribution in [0.15, 0.2) is 18.2 Å². The van der Waals surface area contributed by atoms with Crippen LogP contribution in [0.25, 0.3) is 0 Å². The fourth-order valence-corrected chi connectivity index (χ4v) is 5.04. The van der Waals surface area contributed by atoms with Gasteiger partial charge in [0, 0.05) is 6.04 Å². The zero-order valence-corrected chi connectivity index (χ0v) is 13.2. The molecule has 0 heterocycles. The largest absolute Gasteiger partial charge is 0.323 e. The minimum Gasteiger partial charge on any atom is -0.323 e. The molecule has 0 spiro atoms. The summed E-state index contributed by atoms with van der Waals surface area (Å²) in [6, 6.07) is 5.62. The summed E-state index contributed by atoms with van der Waals surface area (Å²) in [7, 11) is -3.07. The van der Waals surface area contributed by atoms with E-state index in [4.69, 9.17) is 5.73 Å². The molecule has 0 bridgehead atoms. The SMILES string of the molecule is Cc1ccc(C)c(C(N)CS(=O)(=O)CC2CCCC2)c1. The van der Waals surface area contributed by atoms with E-state index in [1.165, 1.54) is 12.8 Å². The van der Waals surface area contributed by atoms with Crippen LogP contribution in [-0.4, -0.2) is 19.9 Å². The van der Waals surface area contributed by atoms with Crippen molar-refractivity contribution in [1.82, 2.24) is 0 Å². The molecule has 2 rings (SSSR count). The zero-order chi connectivity index (χ0) is 14.8. The van der Waals surface area contributed by atoms with Crippen LogP contribution in [0, 0.1) is 19.8 Å². The number of rotatable bonds is 5. The molecule has 1 saturated carbocycles. The van der Waals surface area contributed by atoms with E-state index in [1.54, 1.807) is 0 Å². The first-order valence-electron chi connectivity index (χ1n) is 7.40. The summed E-state index contributed by atoms with van der Waals surface area (Å²) in [5.74, 6) is 0.727. The van der Waals surface area contributed by atoms with E-state index in [2.05, 4.69) is 0 Å². The highest BCUT2D eigenvalue weighted by Gasteiger charge is 2.25. The predicted molar refractivity (Wildman–Crippen MR) is 83.5 cm³/mol. The third kappa shape index (κ3) is 4.06. The number of hydrogen-bond donors (Lipinski definition) is 1. The van der Waals surface area contributed by atoms with Crippen molar-refractivity contribution in [3.8, 4) is 0 Å². The Morgan fingerprint density at radius 3 is 2.55 bits per heavy atom. The Hall–Kier alpha value is -0.870. The third-order valence-electron chi connectivity index (χ3n) is 4.23. The Bertz CT molecular complexity index is 560. The molecule has 2 N–H and O–H groups in total. The lowest BCUT2D eigenvalue weighted by molar-refractivity contribution is 0.554. The van der Waals surface area contributed by atoms with Crippen molar-refractivity contribution in [1.29, 1.82) is 0 Å². The fraction of sp³-hybridized carbons (Fsp3) is 0.625. The lowest BCUT2D eigenvalue weighted by Crippen LogP contribution is -2.26. The maximum absolute atomic E-state index is 12.3. The van der Waals surface area contributed by atoms with Gasteiger partial charge in [-0.2, -0.15) is 0 Å². The van der Waals surface area contributed by atoms with Gasteiger partial charge < -0.3 is 5.73 Å². The van der Waals surface area contributed by atoms with Crippen LogP contribution >= 0.6 is 0 Å². The Balaban J connectivity index is 2.05. The molecule has 3 nitrogen and oxygen atoms in total. The fourth-order valence-electron chi connectivity index (χ4n) is 3.13. The van der Waals surface area contributed by atoms with Crippen LogP contribution in [0.4, 0.5) is 0 Å². The Morgan fingerprint density at radius 1 is 1.25 bits per heavy atom. The molecule has 0 aliphatic heterocycles. The van der Waals surface area contributed by atoms with Crippen LogP contribution in [0.3, 0.4) is 0 Å². The van der Waals surface area contributed by atoms with Gasteiger partial charge in [-0.1, -0.05) is 36.6 Å². The van der Waals surface area contributed by atoms with E-state index in [9.17, 15) is 8.42 Å². The van der Waals surface area contributed by atoms with Crippen molar-refractivity contribution >= 4 is 9.84 Å². The summed E-state index contributed by atoms with van der Waals surface area (Å²) in [6.07, 6.45) is 4.45. The standard InChI is InChI=1S/C16H25NO2S/c1-12-7-8-13(2)15(9-12)16(17)11-20(18,19)10-14-5-3-4-6-14/h7-9,14,16H,3-6,10-11,17H2,1-2H3. The van der Waals surface area contributed by atoms with Crippen LogP contribution in [0.2, 0.25) is 0 Å². The van der Waals surface area contributed by atoms with Gasteiger partial charge in [0.15, 0.2) is 9.84 Å². The van der Waals surface area contributed by atoms with E-state index in [0.717, 1.165) is 29.5 Å². The van der Waals surface area contributed by atoms with Gasteiger partial charge in [-0.3, -0.25) is 0 Å². The van der Waals surface area contributed by atoms with Crippen molar-refractivity contribution in [2.24, 2.45) is 11.7 Å². The quantitative estimate of drug-likeness (QED) is 0.908. The van der Waals surface area contributed by atoms with E-state index < -0.39 is 15.9 Å². The molecule has 1 aromatic rings. The Morgan fingerprint density at radius 2 is 1.90 bits per heavy atom. The molecule has 20 heavy (non-hydrogen) atoms. The number of aryl methyl sites for hydroxylation is 2. The molecule has 1 aliphatic rings. The second kappa shape index (κ2) is 6.27. The molecule has 1 aromatic carbocycles. The minimum absolute atomic E-state index is 0.0633. The van der Waals surface area contributed by atoms with Crippen molar-refractivity contribution in [3.63, 3.8) is 0 Å². The number of hydrogen-bond acceptors (Lipinski definition) is 3. The minimum atomic E-state index is -3.07. The molecule has 0 aromatic heterocycles. The van der Waals surface area contributed by atoms with E-state index in [0.29, 0.717) is 11.7 Å². The van der Waals surface area contributed by atoms with Crippen LogP contribution in [-0.2, 0) is 9.84 Å². The molecule has 1 unspecified atom stereocenters. The molecule has 0 radical (unpaired) electrons. The average molecular weight is 295 g/mol. The first-order chi connectivity index (χ1) is 9.37. The van der Waals surface area contributed by atoms with Gasteiger partial charge >= 0.3 is 0 Å². The highest BCUT2D eigenvalue weighted by Crippen LogP contribution is 2.27. The molecule has 0 saturated heterocycles.